The van der Waals surface area contributed by atoms with Crippen molar-refractivity contribution in [1.29, 1.82) is 0 Å². The molecule has 88 valence electrons. The number of hydrogen-bond donors (Lipinski definition) is 3. The summed E-state index contributed by atoms with van der Waals surface area (Å²) < 4.78 is 8.73. The van der Waals surface area contributed by atoms with Crippen molar-refractivity contribution in [3.8, 4) is 0 Å². The average Bonchev–Trinajstić information content (AvgIpc) is 2.17. The normalized spacial score (nSPS) is 10.6. The van der Waals surface area contributed by atoms with Crippen LogP contribution in [0.25, 0.3) is 11.2 Å². The lowest BCUT2D eigenvalue weighted by atomic mass is 9.99. The molecule has 0 aliphatic heterocycles. The van der Waals surface area contributed by atoms with Crippen LogP contribution in [0.5, 0.6) is 0 Å². The predicted octanol–water partition coefficient (Wildman–Crippen LogP) is 1.12. The van der Waals surface area contributed by atoms with Crippen LogP contribution in [-0.2, 0) is 0 Å². The molecular weight excluding hydrogens is 236 g/mol. The Morgan fingerprint density at radius 2 is 1.47 bits per heavy atom. The molecule has 1 aromatic carbocycles. The number of hydrogen-bond acceptors (Lipinski definition) is 5. The van der Waals surface area contributed by atoms with E-state index >= 15 is 0 Å². The van der Waals surface area contributed by atoms with Crippen LogP contribution < -0.4 is 0 Å². The van der Waals surface area contributed by atoms with E-state index in [2.05, 4.69) is 9.15 Å². The van der Waals surface area contributed by atoms with Crippen LogP contribution in [0.15, 0.2) is 15.2 Å². The highest BCUT2D eigenvalue weighted by Crippen LogP contribution is 2.29. The quantitative estimate of drug-likeness (QED) is 0.678. The molecule has 0 bridgehead atoms. The largest absolute Gasteiger partial charge is 0.478 e. The number of benzene rings is 1. The lowest BCUT2D eigenvalue weighted by Crippen LogP contribution is -2.15. The van der Waals surface area contributed by atoms with Gasteiger partial charge in [0.2, 0.25) is 11.2 Å². The van der Waals surface area contributed by atoms with Gasteiger partial charge in [-0.2, -0.15) is 0 Å². The van der Waals surface area contributed by atoms with Gasteiger partial charge >= 0.3 is 17.9 Å². The molecule has 2 rings (SSSR count). The maximum Gasteiger partial charge on any atom is 0.340 e. The fourth-order valence-electron chi connectivity index (χ4n) is 1.43. The summed E-state index contributed by atoms with van der Waals surface area (Å²) >= 11 is 0. The van der Waals surface area contributed by atoms with E-state index in [0.29, 0.717) is 0 Å². The standard InChI is InChI=1S/C9H4O8/c10-7(11)2-1-3-6(17-16-3)5(9(14)15)4(2)8(12)13/h1H,(H,10,11)(H,12,13)(H,14,15). The number of fused-ring (bicyclic) bond motifs is 1. The third-order valence-electron chi connectivity index (χ3n) is 2.12. The summed E-state index contributed by atoms with van der Waals surface area (Å²) in [7, 11) is 0. The number of aromatic carboxylic acids is 3. The van der Waals surface area contributed by atoms with Gasteiger partial charge < -0.3 is 15.3 Å². The van der Waals surface area contributed by atoms with Gasteiger partial charge in [-0.1, -0.05) is 0 Å². The van der Waals surface area contributed by atoms with Crippen LogP contribution >= 0.6 is 0 Å². The highest BCUT2D eigenvalue weighted by atomic mass is 17.0. The fourth-order valence-corrected chi connectivity index (χ4v) is 1.43. The van der Waals surface area contributed by atoms with Crippen LogP contribution in [0.2, 0.25) is 0 Å². The van der Waals surface area contributed by atoms with Crippen molar-refractivity contribution in [1.82, 2.24) is 0 Å². The second-order valence-corrected chi connectivity index (χ2v) is 3.08. The van der Waals surface area contributed by atoms with E-state index in [1.807, 2.05) is 0 Å². The van der Waals surface area contributed by atoms with Crippen molar-refractivity contribution in [2.24, 2.45) is 0 Å². The number of carboxylic acids is 3. The van der Waals surface area contributed by atoms with Gasteiger partial charge in [-0.05, 0) is 0 Å². The molecule has 8 heteroatoms. The molecule has 3 N–H and O–H groups in total. The average molecular weight is 240 g/mol. The molecule has 0 unspecified atom stereocenters. The molecular formula is C9H4O8. The maximum absolute atomic E-state index is 10.9. The summed E-state index contributed by atoms with van der Waals surface area (Å²) in [6, 6.07) is 0.900. The van der Waals surface area contributed by atoms with Crippen LogP contribution in [0.1, 0.15) is 31.1 Å². The number of rotatable bonds is 3. The van der Waals surface area contributed by atoms with Gasteiger partial charge in [0, 0.05) is 6.07 Å². The van der Waals surface area contributed by atoms with Crippen LogP contribution in [0, 0.1) is 0 Å². The lowest BCUT2D eigenvalue weighted by molar-refractivity contribution is 0.0518. The highest BCUT2D eigenvalue weighted by Gasteiger charge is 2.31. The summed E-state index contributed by atoms with van der Waals surface area (Å²) in [6.45, 7) is 0. The zero-order chi connectivity index (χ0) is 12.7. The Bertz CT molecular complexity index is 643. The third-order valence-corrected chi connectivity index (χ3v) is 2.12. The van der Waals surface area contributed by atoms with E-state index in [1.165, 1.54) is 0 Å². The van der Waals surface area contributed by atoms with E-state index in [4.69, 9.17) is 15.3 Å². The Morgan fingerprint density at radius 1 is 0.882 bits per heavy atom. The molecule has 17 heavy (non-hydrogen) atoms. The molecule has 1 heterocycles. The molecule has 0 fully saturated rings. The molecule has 0 saturated carbocycles. The molecule has 0 spiro atoms. The molecule has 0 amide bonds. The first-order valence-electron chi connectivity index (χ1n) is 4.19. The SMILES string of the molecule is O=C(O)c1cc2ooc2c(C(=O)O)c1C(=O)O. The molecule has 2 aromatic rings. The van der Waals surface area contributed by atoms with E-state index < -0.39 is 34.6 Å². The topological polar surface area (TPSA) is 138 Å². The van der Waals surface area contributed by atoms with Gasteiger partial charge in [-0.15, -0.1) is 0 Å². The highest BCUT2D eigenvalue weighted by molar-refractivity contribution is 6.15. The zero-order valence-electron chi connectivity index (χ0n) is 7.96. The van der Waals surface area contributed by atoms with Gasteiger partial charge in [-0.3, -0.25) is 9.15 Å². The minimum absolute atomic E-state index is 0.121. The van der Waals surface area contributed by atoms with Crippen molar-refractivity contribution < 1.29 is 38.9 Å². The molecule has 1 aromatic heterocycles. The second-order valence-electron chi connectivity index (χ2n) is 3.08. The molecule has 0 saturated heterocycles. The van der Waals surface area contributed by atoms with Gasteiger partial charge in [0.15, 0.2) is 0 Å². The molecule has 0 radical (unpaired) electrons. The van der Waals surface area contributed by atoms with Crippen LogP contribution in [-0.4, -0.2) is 33.2 Å². The first kappa shape index (κ1) is 10.7. The Kier molecular flexibility index (Phi) is 2.13. The molecule has 0 atom stereocenters. The Labute approximate surface area is 91.6 Å². The fraction of sp³-hybridized carbons (Fsp3) is 0. The first-order chi connectivity index (χ1) is 7.93. The summed E-state index contributed by atoms with van der Waals surface area (Å²) in [5.74, 6) is -4.84. The van der Waals surface area contributed by atoms with Gasteiger partial charge in [-0.25, -0.2) is 14.4 Å². The third kappa shape index (κ3) is 1.42. The molecule has 0 aliphatic carbocycles. The summed E-state index contributed by atoms with van der Waals surface area (Å²) in [5.41, 5.74) is -2.66. The van der Waals surface area contributed by atoms with Crippen molar-refractivity contribution >= 4 is 29.1 Å². The van der Waals surface area contributed by atoms with E-state index in [9.17, 15) is 14.4 Å². The van der Waals surface area contributed by atoms with E-state index in [1.54, 1.807) is 0 Å². The number of carbonyl (C=O) groups is 3. The Morgan fingerprint density at radius 3 is 1.82 bits per heavy atom. The van der Waals surface area contributed by atoms with Gasteiger partial charge in [0.1, 0.15) is 5.56 Å². The first-order valence-corrected chi connectivity index (χ1v) is 4.19. The Balaban J connectivity index is 2.91. The zero-order valence-corrected chi connectivity index (χ0v) is 7.96. The van der Waals surface area contributed by atoms with Crippen molar-refractivity contribution in [2.75, 3.05) is 0 Å². The van der Waals surface area contributed by atoms with Crippen molar-refractivity contribution in [3.63, 3.8) is 0 Å². The summed E-state index contributed by atoms with van der Waals surface area (Å²) in [4.78, 5) is 32.7. The van der Waals surface area contributed by atoms with E-state index in [0.717, 1.165) is 6.07 Å². The minimum Gasteiger partial charge on any atom is -0.478 e. The number of carboxylic acid groups (broad SMARTS) is 3. The van der Waals surface area contributed by atoms with E-state index in [-0.39, 0.29) is 11.2 Å². The minimum atomic E-state index is -1.67. The second kappa shape index (κ2) is 3.37. The maximum atomic E-state index is 10.9. The van der Waals surface area contributed by atoms with Gasteiger partial charge in [0.05, 0.1) is 11.1 Å². The van der Waals surface area contributed by atoms with Crippen LogP contribution in [0.4, 0.5) is 0 Å². The monoisotopic (exact) mass is 240 g/mol. The lowest BCUT2D eigenvalue weighted by Gasteiger charge is -2.08. The smallest absolute Gasteiger partial charge is 0.340 e. The van der Waals surface area contributed by atoms with Gasteiger partial charge in [0.25, 0.3) is 0 Å². The van der Waals surface area contributed by atoms with Crippen LogP contribution in [0.3, 0.4) is 0 Å². The summed E-state index contributed by atoms with van der Waals surface area (Å²) in [6.07, 6.45) is 0. The predicted molar refractivity (Wildman–Crippen MR) is 49.4 cm³/mol. The van der Waals surface area contributed by atoms with Crippen molar-refractivity contribution in [2.45, 2.75) is 0 Å². The Hall–Kier alpha value is -2.77. The van der Waals surface area contributed by atoms with Crippen molar-refractivity contribution in [3.05, 3.63) is 22.8 Å². The summed E-state index contributed by atoms with van der Waals surface area (Å²) in [5, 5.41) is 26.5. The molecule has 8 nitrogen and oxygen atoms in total. The molecule has 0 aliphatic rings.